The van der Waals surface area contributed by atoms with Crippen LogP contribution in [0.4, 0.5) is 0 Å². The van der Waals surface area contributed by atoms with Crippen LogP contribution in [0.2, 0.25) is 0 Å². The first-order chi connectivity index (χ1) is 15.5. The summed E-state index contributed by atoms with van der Waals surface area (Å²) in [5.41, 5.74) is 4.40. The maximum Gasteiger partial charge on any atom is 0.161 e. The van der Waals surface area contributed by atoms with E-state index in [2.05, 4.69) is 93.8 Å². The third kappa shape index (κ3) is 5.98. The monoisotopic (exact) mass is 654 g/mol. The largest absolute Gasteiger partial charge is 0.493 e. The van der Waals surface area contributed by atoms with Crippen LogP contribution < -0.4 is 18.9 Å². The fraction of sp³-hybridized carbons (Fsp3) is 0.154. The van der Waals surface area contributed by atoms with Gasteiger partial charge in [-0.05, 0) is 91.7 Å². The smallest absolute Gasteiger partial charge is 0.161 e. The Labute approximate surface area is 216 Å². The molecule has 3 aromatic rings. The molecule has 0 spiro atoms. The third-order valence-electron chi connectivity index (χ3n) is 4.85. The minimum atomic E-state index is 0.720. The number of methoxy groups -OCH3 is 4. The van der Waals surface area contributed by atoms with Crippen LogP contribution in [0.25, 0.3) is 24.3 Å². The van der Waals surface area contributed by atoms with Gasteiger partial charge in [-0.3, -0.25) is 0 Å². The number of halogens is 2. The van der Waals surface area contributed by atoms with E-state index >= 15 is 0 Å². The first-order valence-electron chi connectivity index (χ1n) is 9.78. The Morgan fingerprint density at radius 2 is 0.812 bits per heavy atom. The Morgan fingerprint density at radius 3 is 1.12 bits per heavy atom. The molecule has 3 aromatic carbocycles. The van der Waals surface area contributed by atoms with Crippen LogP contribution in [-0.2, 0) is 0 Å². The number of ether oxygens (including phenoxy) is 4. The average Bonchev–Trinajstić information content (AvgIpc) is 2.82. The summed E-state index contributed by atoms with van der Waals surface area (Å²) in [5.74, 6) is 2.90. The summed E-state index contributed by atoms with van der Waals surface area (Å²) in [7, 11) is 6.58. The number of hydrogen-bond donors (Lipinski definition) is 0. The minimum absolute atomic E-state index is 0.720. The Bertz CT molecular complexity index is 1050. The summed E-state index contributed by atoms with van der Waals surface area (Å²) >= 11 is 4.61. The fourth-order valence-electron chi connectivity index (χ4n) is 3.09. The van der Waals surface area contributed by atoms with Crippen molar-refractivity contribution >= 4 is 69.5 Å². The second kappa shape index (κ2) is 11.6. The summed E-state index contributed by atoms with van der Waals surface area (Å²) < 4.78 is 23.7. The van der Waals surface area contributed by atoms with Gasteiger partial charge in [0.25, 0.3) is 0 Å². The van der Waals surface area contributed by atoms with E-state index in [9.17, 15) is 0 Å². The predicted molar refractivity (Wildman–Crippen MR) is 149 cm³/mol. The molecule has 0 aliphatic heterocycles. The van der Waals surface area contributed by atoms with Crippen LogP contribution in [0.3, 0.4) is 0 Å². The van der Waals surface area contributed by atoms with Gasteiger partial charge in [0.15, 0.2) is 23.0 Å². The molecular formula is C26H24I2O4. The highest BCUT2D eigenvalue weighted by atomic mass is 127. The van der Waals surface area contributed by atoms with Gasteiger partial charge in [-0.1, -0.05) is 48.6 Å². The van der Waals surface area contributed by atoms with E-state index in [0.29, 0.717) is 0 Å². The summed E-state index contributed by atoms with van der Waals surface area (Å²) in [6.45, 7) is 0. The molecule has 0 aliphatic rings. The topological polar surface area (TPSA) is 36.9 Å². The van der Waals surface area contributed by atoms with Crippen molar-refractivity contribution in [2.75, 3.05) is 28.4 Å². The van der Waals surface area contributed by atoms with Crippen LogP contribution in [0.1, 0.15) is 22.3 Å². The van der Waals surface area contributed by atoms with Gasteiger partial charge in [-0.15, -0.1) is 0 Å². The van der Waals surface area contributed by atoms with Gasteiger partial charge in [0.2, 0.25) is 0 Å². The molecule has 0 amide bonds. The van der Waals surface area contributed by atoms with Gasteiger partial charge in [0, 0.05) is 7.14 Å². The lowest BCUT2D eigenvalue weighted by Crippen LogP contribution is -1.93. The van der Waals surface area contributed by atoms with Gasteiger partial charge in [0.05, 0.1) is 28.4 Å². The highest BCUT2D eigenvalue weighted by Gasteiger charge is 2.08. The standard InChI is InChI=1S/C26H24I2O4/c1-29-23-13-19(21(27)15-25(23)31-3)11-9-17-5-7-18(8-6-17)10-12-20-14-24(30-2)26(32-4)16-22(20)28/h5-16H,1-4H3/b11-9-,12-10-. The predicted octanol–water partition coefficient (Wildman–Crippen LogP) is 7.27. The normalized spacial score (nSPS) is 11.2. The van der Waals surface area contributed by atoms with Gasteiger partial charge < -0.3 is 18.9 Å². The van der Waals surface area contributed by atoms with Crippen LogP contribution >= 0.6 is 45.2 Å². The van der Waals surface area contributed by atoms with E-state index in [-0.39, 0.29) is 0 Å². The summed E-state index contributed by atoms with van der Waals surface area (Å²) in [5, 5.41) is 0. The first-order valence-corrected chi connectivity index (χ1v) is 11.9. The molecule has 0 heterocycles. The molecule has 4 nitrogen and oxygen atoms in total. The first kappa shape index (κ1) is 24.4. The molecule has 0 unspecified atom stereocenters. The number of benzene rings is 3. The second-order valence-electron chi connectivity index (χ2n) is 6.79. The molecule has 166 valence electrons. The average molecular weight is 654 g/mol. The lowest BCUT2D eigenvalue weighted by atomic mass is 10.1. The molecule has 0 aliphatic carbocycles. The van der Waals surface area contributed by atoms with Gasteiger partial charge >= 0.3 is 0 Å². The van der Waals surface area contributed by atoms with Crippen molar-refractivity contribution in [1.29, 1.82) is 0 Å². The zero-order valence-corrected chi connectivity index (χ0v) is 22.6. The molecule has 0 N–H and O–H groups in total. The van der Waals surface area contributed by atoms with E-state index in [4.69, 9.17) is 18.9 Å². The fourth-order valence-corrected chi connectivity index (χ4v) is 4.32. The van der Waals surface area contributed by atoms with Crippen LogP contribution in [-0.4, -0.2) is 28.4 Å². The maximum atomic E-state index is 5.41. The van der Waals surface area contributed by atoms with Gasteiger partial charge in [-0.25, -0.2) is 0 Å². The molecule has 0 fully saturated rings. The molecule has 6 heteroatoms. The Balaban J connectivity index is 1.76. The van der Waals surface area contributed by atoms with Crippen molar-refractivity contribution in [1.82, 2.24) is 0 Å². The minimum Gasteiger partial charge on any atom is -0.493 e. The van der Waals surface area contributed by atoms with Crippen molar-refractivity contribution < 1.29 is 18.9 Å². The SMILES string of the molecule is COc1cc(I)c(/C=C\c2ccc(/C=C\c3cc(OC)c(OC)cc3I)cc2)cc1OC. The van der Waals surface area contributed by atoms with Crippen molar-refractivity contribution in [3.05, 3.63) is 77.9 Å². The summed E-state index contributed by atoms with van der Waals surface area (Å²) in [6, 6.07) is 16.3. The van der Waals surface area contributed by atoms with Crippen molar-refractivity contribution in [2.24, 2.45) is 0 Å². The van der Waals surface area contributed by atoms with E-state index in [0.717, 1.165) is 52.4 Å². The summed E-state index contributed by atoms with van der Waals surface area (Å²) in [4.78, 5) is 0. The zero-order chi connectivity index (χ0) is 23.1. The van der Waals surface area contributed by atoms with Crippen molar-refractivity contribution in [3.63, 3.8) is 0 Å². The molecule has 0 radical (unpaired) electrons. The van der Waals surface area contributed by atoms with Gasteiger partial charge in [0.1, 0.15) is 0 Å². The Morgan fingerprint density at radius 1 is 0.500 bits per heavy atom. The molecule has 0 bridgehead atoms. The van der Waals surface area contributed by atoms with Crippen LogP contribution in [0, 0.1) is 7.14 Å². The molecule has 0 saturated carbocycles. The van der Waals surface area contributed by atoms with Crippen LogP contribution in [0.15, 0.2) is 48.5 Å². The Hall–Kier alpha value is -2.20. The Kier molecular flexibility index (Phi) is 8.86. The second-order valence-corrected chi connectivity index (χ2v) is 9.12. The van der Waals surface area contributed by atoms with E-state index in [1.54, 1.807) is 28.4 Å². The van der Waals surface area contributed by atoms with Crippen LogP contribution in [0.5, 0.6) is 23.0 Å². The number of rotatable bonds is 8. The maximum absolute atomic E-state index is 5.41. The summed E-state index contributed by atoms with van der Waals surface area (Å²) in [6.07, 6.45) is 8.35. The van der Waals surface area contributed by atoms with E-state index in [1.165, 1.54) is 0 Å². The molecular weight excluding hydrogens is 630 g/mol. The highest BCUT2D eigenvalue weighted by Crippen LogP contribution is 2.33. The van der Waals surface area contributed by atoms with Crippen molar-refractivity contribution in [2.45, 2.75) is 0 Å². The molecule has 0 atom stereocenters. The van der Waals surface area contributed by atoms with Crippen molar-refractivity contribution in [3.8, 4) is 23.0 Å². The van der Waals surface area contributed by atoms with E-state index < -0.39 is 0 Å². The third-order valence-corrected chi connectivity index (χ3v) is 6.72. The molecule has 0 aromatic heterocycles. The lowest BCUT2D eigenvalue weighted by Gasteiger charge is -2.10. The van der Waals surface area contributed by atoms with Gasteiger partial charge in [-0.2, -0.15) is 0 Å². The zero-order valence-electron chi connectivity index (χ0n) is 18.3. The number of hydrogen-bond acceptors (Lipinski definition) is 4. The molecule has 3 rings (SSSR count). The molecule has 0 saturated heterocycles. The highest BCUT2D eigenvalue weighted by molar-refractivity contribution is 14.1. The quantitative estimate of drug-likeness (QED) is 0.189. The lowest BCUT2D eigenvalue weighted by molar-refractivity contribution is 0.354. The van der Waals surface area contributed by atoms with E-state index in [1.807, 2.05) is 24.3 Å². The molecule has 32 heavy (non-hydrogen) atoms.